The van der Waals surface area contributed by atoms with Crippen LogP contribution in [-0.2, 0) is 9.59 Å². The summed E-state index contributed by atoms with van der Waals surface area (Å²) in [6.07, 6.45) is 9.39. The molecular weight excluding hydrogens is 252 g/mol. The maximum Gasteiger partial charge on any atom is 0.245 e. The highest BCUT2D eigenvalue weighted by atomic mass is 16.2. The molecule has 2 saturated heterocycles. The largest absolute Gasteiger partial charge is 0.335 e. The van der Waals surface area contributed by atoms with Crippen LogP contribution in [0.25, 0.3) is 0 Å². The van der Waals surface area contributed by atoms with Gasteiger partial charge in [0.05, 0.1) is 0 Å². The predicted octanol–water partition coefficient (Wildman–Crippen LogP) is 2.32. The Balaban J connectivity index is 1.84. The Morgan fingerprint density at radius 2 is 1.75 bits per heavy atom. The second-order valence-corrected chi connectivity index (χ2v) is 6.90. The van der Waals surface area contributed by atoms with Crippen LogP contribution in [0.1, 0.15) is 64.7 Å². The molecule has 0 radical (unpaired) electrons. The molecule has 0 bridgehead atoms. The molecule has 0 aromatic heterocycles. The van der Waals surface area contributed by atoms with Crippen molar-refractivity contribution in [2.75, 3.05) is 13.1 Å². The van der Waals surface area contributed by atoms with Crippen LogP contribution in [0.5, 0.6) is 0 Å². The molecule has 3 fully saturated rings. The lowest BCUT2D eigenvalue weighted by Crippen LogP contribution is -2.56. The fourth-order valence-corrected chi connectivity index (χ4v) is 4.25. The van der Waals surface area contributed by atoms with E-state index in [2.05, 4.69) is 11.8 Å². The summed E-state index contributed by atoms with van der Waals surface area (Å²) in [5.41, 5.74) is -0.0108. The summed E-state index contributed by atoms with van der Waals surface area (Å²) in [5, 5.41) is 0. The molecule has 1 saturated carbocycles. The molecule has 3 aliphatic rings. The third-order valence-corrected chi connectivity index (χ3v) is 5.51. The predicted molar refractivity (Wildman–Crippen MR) is 77.2 cm³/mol. The van der Waals surface area contributed by atoms with E-state index < -0.39 is 0 Å². The van der Waals surface area contributed by atoms with Crippen LogP contribution in [0.4, 0.5) is 0 Å². The molecule has 1 aliphatic carbocycles. The van der Waals surface area contributed by atoms with Crippen molar-refractivity contribution < 1.29 is 9.59 Å². The van der Waals surface area contributed by atoms with Crippen LogP contribution in [-0.4, -0.2) is 46.3 Å². The fourth-order valence-electron chi connectivity index (χ4n) is 4.25. The molecule has 4 nitrogen and oxygen atoms in total. The van der Waals surface area contributed by atoms with Gasteiger partial charge in [0.15, 0.2) is 0 Å². The van der Waals surface area contributed by atoms with Crippen molar-refractivity contribution in [1.29, 1.82) is 0 Å². The summed E-state index contributed by atoms with van der Waals surface area (Å²) in [6.45, 7) is 3.63. The second kappa shape index (κ2) is 5.38. The van der Waals surface area contributed by atoms with Gasteiger partial charge >= 0.3 is 0 Å². The maximum atomic E-state index is 13.0. The summed E-state index contributed by atoms with van der Waals surface area (Å²) in [7, 11) is 0. The number of nitrogens with zero attached hydrogens (tertiary/aromatic N) is 2. The Bertz CT molecular complexity index is 401. The molecule has 3 rings (SSSR count). The lowest BCUT2D eigenvalue weighted by Gasteiger charge is -2.45. The molecule has 0 spiro atoms. The average molecular weight is 278 g/mol. The smallest absolute Gasteiger partial charge is 0.245 e. The summed E-state index contributed by atoms with van der Waals surface area (Å²) < 4.78 is 0. The zero-order chi connectivity index (χ0) is 14.2. The Labute approximate surface area is 121 Å². The van der Waals surface area contributed by atoms with E-state index in [4.69, 9.17) is 0 Å². The van der Waals surface area contributed by atoms with Gasteiger partial charge in [-0.3, -0.25) is 9.59 Å². The Hall–Kier alpha value is -1.06. The average Bonchev–Trinajstić information content (AvgIpc) is 2.59. The Morgan fingerprint density at radius 1 is 1.00 bits per heavy atom. The highest BCUT2D eigenvalue weighted by Gasteiger charge is 2.44. The molecule has 1 atom stereocenters. The highest BCUT2D eigenvalue weighted by Crippen LogP contribution is 2.36. The highest BCUT2D eigenvalue weighted by molar-refractivity contribution is 5.90. The monoisotopic (exact) mass is 278 g/mol. The van der Waals surface area contributed by atoms with E-state index in [0.29, 0.717) is 13.0 Å². The van der Waals surface area contributed by atoms with Gasteiger partial charge in [0, 0.05) is 25.0 Å². The van der Waals surface area contributed by atoms with Gasteiger partial charge in [-0.05, 0) is 39.0 Å². The minimum absolute atomic E-state index is 0.0108. The van der Waals surface area contributed by atoms with Gasteiger partial charge in [-0.2, -0.15) is 0 Å². The molecular formula is C16H26N2O2. The minimum Gasteiger partial charge on any atom is -0.335 e. The summed E-state index contributed by atoms with van der Waals surface area (Å²) in [5.74, 6) is 0.407. The molecule has 0 aromatic rings. The van der Waals surface area contributed by atoms with Crippen LogP contribution in [0.15, 0.2) is 0 Å². The SMILES string of the molecule is CC1(N2CCC(=O)N3CCCCC3C2=O)CCCCC1. The third kappa shape index (κ3) is 2.33. The topological polar surface area (TPSA) is 40.6 Å². The van der Waals surface area contributed by atoms with Gasteiger partial charge in [0.25, 0.3) is 0 Å². The van der Waals surface area contributed by atoms with Crippen molar-refractivity contribution in [3.8, 4) is 0 Å². The molecule has 0 aromatic carbocycles. The number of carbonyl (C=O) groups excluding carboxylic acids is 2. The van der Waals surface area contributed by atoms with Crippen molar-refractivity contribution in [1.82, 2.24) is 9.80 Å². The zero-order valence-electron chi connectivity index (χ0n) is 12.6. The normalized spacial score (nSPS) is 30.9. The second-order valence-electron chi connectivity index (χ2n) is 6.90. The van der Waals surface area contributed by atoms with Gasteiger partial charge in [0.1, 0.15) is 6.04 Å². The molecule has 0 N–H and O–H groups in total. The first kappa shape index (κ1) is 13.9. The number of rotatable bonds is 1. The Kier molecular flexibility index (Phi) is 3.74. The minimum atomic E-state index is -0.169. The van der Waals surface area contributed by atoms with Crippen LogP contribution in [0, 0.1) is 0 Å². The van der Waals surface area contributed by atoms with Crippen LogP contribution in [0.2, 0.25) is 0 Å². The quantitative estimate of drug-likeness (QED) is 0.738. The molecule has 20 heavy (non-hydrogen) atoms. The number of hydrogen-bond donors (Lipinski definition) is 0. The number of fused-ring (bicyclic) bond motifs is 1. The van der Waals surface area contributed by atoms with Crippen LogP contribution >= 0.6 is 0 Å². The number of amides is 2. The molecule has 2 heterocycles. The van der Waals surface area contributed by atoms with Gasteiger partial charge in [-0.15, -0.1) is 0 Å². The van der Waals surface area contributed by atoms with Gasteiger partial charge in [-0.1, -0.05) is 19.3 Å². The lowest BCUT2D eigenvalue weighted by molar-refractivity contribution is -0.147. The van der Waals surface area contributed by atoms with Crippen molar-refractivity contribution in [3.05, 3.63) is 0 Å². The first-order chi connectivity index (χ1) is 9.62. The molecule has 2 amide bonds. The lowest BCUT2D eigenvalue weighted by atomic mass is 9.81. The van der Waals surface area contributed by atoms with E-state index in [9.17, 15) is 9.59 Å². The fraction of sp³-hybridized carbons (Fsp3) is 0.875. The van der Waals surface area contributed by atoms with Crippen LogP contribution in [0.3, 0.4) is 0 Å². The first-order valence-corrected chi connectivity index (χ1v) is 8.23. The van der Waals surface area contributed by atoms with E-state index in [1.54, 1.807) is 0 Å². The molecule has 112 valence electrons. The molecule has 1 unspecified atom stereocenters. The van der Waals surface area contributed by atoms with E-state index in [1.807, 2.05) is 4.90 Å². The van der Waals surface area contributed by atoms with Gasteiger partial charge in [0.2, 0.25) is 11.8 Å². The maximum absolute atomic E-state index is 13.0. The first-order valence-electron chi connectivity index (χ1n) is 8.23. The number of carbonyl (C=O) groups is 2. The zero-order valence-corrected chi connectivity index (χ0v) is 12.6. The van der Waals surface area contributed by atoms with Crippen molar-refractivity contribution in [2.45, 2.75) is 76.3 Å². The van der Waals surface area contributed by atoms with Crippen molar-refractivity contribution in [3.63, 3.8) is 0 Å². The standard InChI is InChI=1S/C16H26N2O2/c1-16(9-4-2-5-10-16)18-12-8-14(19)17-11-6-3-7-13(17)15(18)20/h13H,2-12H2,1H3. The van der Waals surface area contributed by atoms with E-state index in [1.165, 1.54) is 19.3 Å². The number of piperidine rings is 1. The van der Waals surface area contributed by atoms with Gasteiger partial charge in [-0.25, -0.2) is 0 Å². The Morgan fingerprint density at radius 3 is 2.50 bits per heavy atom. The van der Waals surface area contributed by atoms with E-state index in [0.717, 1.165) is 38.6 Å². The van der Waals surface area contributed by atoms with Crippen molar-refractivity contribution in [2.24, 2.45) is 0 Å². The molecule has 2 aliphatic heterocycles. The number of hydrogen-bond acceptors (Lipinski definition) is 2. The van der Waals surface area contributed by atoms with Crippen molar-refractivity contribution >= 4 is 11.8 Å². The third-order valence-electron chi connectivity index (χ3n) is 5.51. The van der Waals surface area contributed by atoms with Crippen LogP contribution < -0.4 is 0 Å². The van der Waals surface area contributed by atoms with E-state index in [-0.39, 0.29) is 23.4 Å². The summed E-state index contributed by atoms with van der Waals surface area (Å²) >= 11 is 0. The van der Waals surface area contributed by atoms with Gasteiger partial charge < -0.3 is 9.80 Å². The summed E-state index contributed by atoms with van der Waals surface area (Å²) in [4.78, 5) is 29.2. The summed E-state index contributed by atoms with van der Waals surface area (Å²) in [6, 6.07) is -0.169. The van der Waals surface area contributed by atoms with E-state index >= 15 is 0 Å². The molecule has 4 heteroatoms.